The van der Waals surface area contributed by atoms with E-state index in [1.807, 2.05) is 0 Å². The number of hydrogen-bond donors (Lipinski definition) is 3. The maximum Gasteiger partial charge on any atom is 0.320 e. The summed E-state index contributed by atoms with van der Waals surface area (Å²) in [6.07, 6.45) is -1.15. The third-order valence-electron chi connectivity index (χ3n) is 4.09. The number of nitrogens with one attached hydrogen (secondary N) is 1. The molecular formula is C19H24N2O6S. The average Bonchev–Trinajstić information content (AvgIpc) is 2.70. The molecule has 0 bridgehead atoms. The average molecular weight is 408 g/mol. The molecule has 0 amide bonds. The Bertz CT molecular complexity index is 888. The molecule has 28 heavy (non-hydrogen) atoms. The fourth-order valence-corrected chi connectivity index (χ4v) is 4.07. The summed E-state index contributed by atoms with van der Waals surface area (Å²) in [6.45, 7) is 1.06. The smallest absolute Gasteiger partial charge is 0.320 e. The Balaban J connectivity index is 2.36. The van der Waals surface area contributed by atoms with Crippen LogP contribution in [0.5, 0.6) is 5.75 Å². The van der Waals surface area contributed by atoms with Gasteiger partial charge in [0.2, 0.25) is 0 Å². The highest BCUT2D eigenvalue weighted by atomic mass is 32.2. The molecule has 0 spiro atoms. The first-order valence-corrected chi connectivity index (χ1v) is 10.1. The first kappa shape index (κ1) is 21.7. The van der Waals surface area contributed by atoms with Crippen molar-refractivity contribution in [3.05, 3.63) is 54.6 Å². The molecule has 0 saturated carbocycles. The first-order chi connectivity index (χ1) is 13.3. The van der Waals surface area contributed by atoms with Crippen molar-refractivity contribution in [3.8, 4) is 5.75 Å². The van der Waals surface area contributed by atoms with Gasteiger partial charge < -0.3 is 20.3 Å². The second-order valence-electron chi connectivity index (χ2n) is 6.14. The van der Waals surface area contributed by atoms with Crippen molar-refractivity contribution in [3.63, 3.8) is 0 Å². The molecule has 8 nitrogen and oxygen atoms in total. The monoisotopic (exact) mass is 408 g/mol. The highest BCUT2D eigenvalue weighted by Crippen LogP contribution is 2.32. The van der Waals surface area contributed by atoms with Gasteiger partial charge in [0.1, 0.15) is 11.8 Å². The molecule has 152 valence electrons. The largest absolute Gasteiger partial charge is 0.495 e. The number of nitrogens with zero attached hydrogens (tertiary/aromatic N) is 1. The van der Waals surface area contributed by atoms with Gasteiger partial charge >= 0.3 is 5.97 Å². The number of carboxylic acids is 1. The van der Waals surface area contributed by atoms with E-state index in [0.29, 0.717) is 5.75 Å². The molecule has 0 heterocycles. The van der Waals surface area contributed by atoms with Crippen LogP contribution in [0.3, 0.4) is 0 Å². The van der Waals surface area contributed by atoms with Crippen LogP contribution in [0.15, 0.2) is 59.5 Å². The number of aliphatic hydroxyl groups is 1. The Morgan fingerprint density at radius 1 is 1.14 bits per heavy atom. The predicted octanol–water partition coefficient (Wildman–Crippen LogP) is 1.31. The van der Waals surface area contributed by atoms with Crippen LogP contribution in [0, 0.1) is 0 Å². The van der Waals surface area contributed by atoms with Gasteiger partial charge in [-0.2, -0.15) is 0 Å². The van der Waals surface area contributed by atoms with Crippen molar-refractivity contribution >= 4 is 21.7 Å². The van der Waals surface area contributed by atoms with Crippen molar-refractivity contribution in [2.45, 2.75) is 24.0 Å². The number of sulfonamides is 1. The maximum absolute atomic E-state index is 13.2. The number of rotatable bonds is 10. The molecule has 0 aliphatic carbocycles. The van der Waals surface area contributed by atoms with Crippen LogP contribution in [0.25, 0.3) is 0 Å². The number of para-hydroxylation sites is 2. The number of methoxy groups -OCH3 is 1. The minimum atomic E-state index is -3.99. The van der Waals surface area contributed by atoms with Gasteiger partial charge in [-0.15, -0.1) is 0 Å². The first-order valence-electron chi connectivity index (χ1n) is 8.62. The zero-order valence-corrected chi connectivity index (χ0v) is 16.5. The summed E-state index contributed by atoms with van der Waals surface area (Å²) >= 11 is 0. The van der Waals surface area contributed by atoms with Crippen molar-refractivity contribution in [1.82, 2.24) is 5.32 Å². The van der Waals surface area contributed by atoms with Gasteiger partial charge in [-0.25, -0.2) is 8.42 Å². The number of ether oxygens (including phenoxy) is 1. The van der Waals surface area contributed by atoms with E-state index in [2.05, 4.69) is 5.32 Å². The zero-order chi connectivity index (χ0) is 20.7. The van der Waals surface area contributed by atoms with Crippen LogP contribution in [0.1, 0.15) is 6.92 Å². The molecule has 2 aromatic carbocycles. The third kappa shape index (κ3) is 5.22. The fraction of sp³-hybridized carbons (Fsp3) is 0.316. The van der Waals surface area contributed by atoms with E-state index in [9.17, 15) is 18.3 Å². The topological polar surface area (TPSA) is 116 Å². The summed E-state index contributed by atoms with van der Waals surface area (Å²) in [5, 5.41) is 22.0. The van der Waals surface area contributed by atoms with Crippen LogP contribution in [0.2, 0.25) is 0 Å². The summed E-state index contributed by atoms with van der Waals surface area (Å²) in [4.78, 5) is 11.0. The third-order valence-corrected chi connectivity index (χ3v) is 5.89. The maximum atomic E-state index is 13.2. The van der Waals surface area contributed by atoms with E-state index >= 15 is 0 Å². The normalized spacial score (nSPS) is 13.5. The van der Waals surface area contributed by atoms with Gasteiger partial charge in [0.15, 0.2) is 0 Å². The molecule has 2 atom stereocenters. The van der Waals surface area contributed by atoms with Gasteiger partial charge in [-0.1, -0.05) is 30.3 Å². The lowest BCUT2D eigenvalue weighted by Crippen LogP contribution is -2.45. The summed E-state index contributed by atoms with van der Waals surface area (Å²) < 4.78 is 32.8. The summed E-state index contributed by atoms with van der Waals surface area (Å²) in [5.74, 6) is -0.730. The summed E-state index contributed by atoms with van der Waals surface area (Å²) in [6, 6.07) is 13.6. The van der Waals surface area contributed by atoms with Gasteiger partial charge in [0.25, 0.3) is 10.0 Å². The Kier molecular flexibility index (Phi) is 7.38. The molecule has 0 radical (unpaired) electrons. The van der Waals surface area contributed by atoms with Crippen LogP contribution in [-0.4, -0.2) is 56.9 Å². The number of hydrogen-bond acceptors (Lipinski definition) is 6. The van der Waals surface area contributed by atoms with Gasteiger partial charge in [-0.3, -0.25) is 9.10 Å². The van der Waals surface area contributed by atoms with Crippen LogP contribution in [0.4, 0.5) is 5.69 Å². The van der Waals surface area contributed by atoms with Crippen LogP contribution in [-0.2, 0) is 14.8 Å². The standard InChI is InChI=1S/C19H24N2O6S/c1-14(19(23)24)20-12-15(22)13-21(17-10-6-7-11-18(17)27-2)28(25,26)16-8-4-3-5-9-16/h3-11,14-15,20,22H,12-13H2,1-2H3,(H,23,24). The number of carbonyl (C=O) groups is 1. The minimum absolute atomic E-state index is 0.0694. The van der Waals surface area contributed by atoms with Crippen LogP contribution < -0.4 is 14.4 Å². The number of aliphatic carboxylic acids is 1. The van der Waals surface area contributed by atoms with E-state index in [1.54, 1.807) is 42.5 Å². The molecule has 0 aliphatic heterocycles. The van der Waals surface area contributed by atoms with Gasteiger partial charge in [-0.05, 0) is 31.2 Å². The van der Waals surface area contributed by atoms with E-state index < -0.39 is 28.1 Å². The molecule has 2 rings (SSSR count). The lowest BCUT2D eigenvalue weighted by atomic mass is 10.2. The number of carboxylic acid groups (broad SMARTS) is 1. The quantitative estimate of drug-likeness (QED) is 0.543. The lowest BCUT2D eigenvalue weighted by molar-refractivity contribution is -0.139. The minimum Gasteiger partial charge on any atom is -0.495 e. The second-order valence-corrected chi connectivity index (χ2v) is 8.01. The number of benzene rings is 2. The Morgan fingerprint density at radius 2 is 1.75 bits per heavy atom. The van der Waals surface area contributed by atoms with Gasteiger partial charge in [0.05, 0.1) is 30.3 Å². The van der Waals surface area contributed by atoms with Crippen LogP contribution >= 0.6 is 0 Å². The molecule has 0 fully saturated rings. The van der Waals surface area contributed by atoms with E-state index in [1.165, 1.54) is 26.2 Å². The molecule has 2 aromatic rings. The van der Waals surface area contributed by atoms with Crippen molar-refractivity contribution < 1.29 is 28.2 Å². The molecule has 0 aliphatic rings. The molecule has 0 aromatic heterocycles. The van der Waals surface area contributed by atoms with Crippen molar-refractivity contribution in [2.75, 3.05) is 24.5 Å². The Labute approximate surface area is 164 Å². The fourth-order valence-electron chi connectivity index (χ4n) is 2.54. The van der Waals surface area contributed by atoms with E-state index in [4.69, 9.17) is 9.84 Å². The number of aliphatic hydroxyl groups excluding tert-OH is 1. The highest BCUT2D eigenvalue weighted by Gasteiger charge is 2.29. The summed E-state index contributed by atoms with van der Waals surface area (Å²) in [7, 11) is -2.56. The molecule has 3 N–H and O–H groups in total. The van der Waals surface area contributed by atoms with Crippen molar-refractivity contribution in [2.24, 2.45) is 0 Å². The summed E-state index contributed by atoms with van der Waals surface area (Å²) in [5.41, 5.74) is 0.277. The SMILES string of the molecule is COc1ccccc1N(CC(O)CNC(C)C(=O)O)S(=O)(=O)c1ccccc1. The Hall–Kier alpha value is -2.62. The molecule has 9 heteroatoms. The zero-order valence-electron chi connectivity index (χ0n) is 15.6. The second kappa shape index (κ2) is 9.54. The molecular weight excluding hydrogens is 384 g/mol. The van der Waals surface area contributed by atoms with Gasteiger partial charge in [0, 0.05) is 6.54 Å². The molecule has 2 unspecified atom stereocenters. The van der Waals surface area contributed by atoms with Crippen molar-refractivity contribution in [1.29, 1.82) is 0 Å². The van der Waals surface area contributed by atoms with E-state index in [-0.39, 0.29) is 23.7 Å². The predicted molar refractivity (Wildman–Crippen MR) is 105 cm³/mol. The Morgan fingerprint density at radius 3 is 2.36 bits per heavy atom. The highest BCUT2D eigenvalue weighted by molar-refractivity contribution is 7.92. The molecule has 0 saturated heterocycles. The lowest BCUT2D eigenvalue weighted by Gasteiger charge is -2.28. The van der Waals surface area contributed by atoms with E-state index in [0.717, 1.165) is 4.31 Å². The number of anilines is 1.